The van der Waals surface area contributed by atoms with Crippen molar-refractivity contribution in [2.45, 2.75) is 63.2 Å². The Morgan fingerprint density at radius 1 is 1.10 bits per heavy atom. The molecule has 0 N–H and O–H groups in total. The molecule has 2 aliphatic rings. The van der Waals surface area contributed by atoms with Gasteiger partial charge in [0.05, 0.1) is 10.5 Å². The zero-order valence-corrected chi connectivity index (χ0v) is 18.4. The van der Waals surface area contributed by atoms with Gasteiger partial charge in [-0.1, -0.05) is 32.4 Å². The molecule has 5 nitrogen and oxygen atoms in total. The van der Waals surface area contributed by atoms with E-state index >= 15 is 0 Å². The Kier molecular flexibility index (Phi) is 5.49. The summed E-state index contributed by atoms with van der Waals surface area (Å²) in [6.07, 6.45) is 5.25. The molecule has 2 fully saturated rings. The van der Waals surface area contributed by atoms with Crippen LogP contribution < -0.4 is 4.74 Å². The van der Waals surface area contributed by atoms with E-state index in [4.69, 9.17) is 4.74 Å². The third kappa shape index (κ3) is 4.03. The monoisotopic (exact) mass is 427 g/mol. The van der Waals surface area contributed by atoms with E-state index in [0.29, 0.717) is 22.6 Å². The molecular weight excluding hydrogens is 400 g/mol. The lowest BCUT2D eigenvalue weighted by Gasteiger charge is -2.22. The molecule has 0 heterocycles. The Morgan fingerprint density at radius 3 is 2.33 bits per heavy atom. The molecule has 3 unspecified atom stereocenters. The van der Waals surface area contributed by atoms with Crippen molar-refractivity contribution >= 4 is 16.1 Å². The first-order chi connectivity index (χ1) is 14.1. The number of aryl methyl sites for hydroxylation is 1. The van der Waals surface area contributed by atoms with E-state index in [1.54, 1.807) is 32.9 Å². The van der Waals surface area contributed by atoms with Gasteiger partial charge in [0.2, 0.25) is 0 Å². The van der Waals surface area contributed by atoms with Gasteiger partial charge >= 0.3 is 5.97 Å². The second kappa shape index (κ2) is 7.82. The molecule has 2 aromatic rings. The maximum absolute atomic E-state index is 12.7. The number of benzene rings is 2. The number of carbonyl (C=O) groups excluding carboxylic acids is 1. The van der Waals surface area contributed by atoms with Gasteiger partial charge in [0.25, 0.3) is 0 Å². The van der Waals surface area contributed by atoms with Crippen LogP contribution in [0.5, 0.6) is 5.75 Å². The van der Waals surface area contributed by atoms with E-state index < -0.39 is 16.1 Å². The molecule has 0 spiro atoms. The van der Waals surface area contributed by atoms with Crippen LogP contribution >= 0.6 is 0 Å². The number of carbonyl (C=O) groups is 1. The highest BCUT2D eigenvalue weighted by atomic mass is 32.2. The van der Waals surface area contributed by atoms with Crippen LogP contribution in [0.3, 0.4) is 0 Å². The lowest BCUT2D eigenvalue weighted by atomic mass is 9.83. The molecule has 0 saturated heterocycles. The molecule has 0 aliphatic heterocycles. The topological polar surface area (TPSA) is 83.5 Å². The smallest absolute Gasteiger partial charge is 0.343 e. The largest absolute Gasteiger partial charge is 0.744 e. The second-order valence-electron chi connectivity index (χ2n) is 9.06. The van der Waals surface area contributed by atoms with Gasteiger partial charge in [-0.05, 0) is 90.8 Å². The Hall–Kier alpha value is -2.18. The van der Waals surface area contributed by atoms with E-state index in [-0.39, 0.29) is 16.6 Å². The minimum atomic E-state index is -4.61. The predicted octanol–water partition coefficient (Wildman–Crippen LogP) is 5.15. The fraction of sp³-hybridized carbons (Fsp3) is 0.458. The van der Waals surface area contributed by atoms with E-state index in [9.17, 15) is 17.8 Å². The normalized spacial score (nSPS) is 23.2. The van der Waals surface area contributed by atoms with Crippen molar-refractivity contribution in [1.82, 2.24) is 0 Å². The van der Waals surface area contributed by atoms with Gasteiger partial charge in [0.1, 0.15) is 15.9 Å². The summed E-state index contributed by atoms with van der Waals surface area (Å²) in [6.45, 7) is 5.21. The molecule has 0 aromatic heterocycles. The molecule has 2 aromatic carbocycles. The van der Waals surface area contributed by atoms with Crippen LogP contribution in [0.1, 0.15) is 78.4 Å². The molecular formula is C24H27O5S-. The average molecular weight is 428 g/mol. The molecule has 160 valence electrons. The van der Waals surface area contributed by atoms with Gasteiger partial charge in [-0.15, -0.1) is 0 Å². The van der Waals surface area contributed by atoms with Crippen LogP contribution in [-0.2, 0) is 10.1 Å². The Labute approximate surface area is 178 Å². The lowest BCUT2D eigenvalue weighted by Crippen LogP contribution is -2.12. The van der Waals surface area contributed by atoms with Crippen molar-refractivity contribution in [3.63, 3.8) is 0 Å². The minimum absolute atomic E-state index is 0.206. The van der Waals surface area contributed by atoms with E-state index in [1.807, 2.05) is 12.1 Å². The van der Waals surface area contributed by atoms with Crippen molar-refractivity contribution in [3.05, 3.63) is 58.7 Å². The molecule has 2 bridgehead atoms. The highest BCUT2D eigenvalue weighted by Gasteiger charge is 2.40. The summed E-state index contributed by atoms with van der Waals surface area (Å²) in [6, 6.07) is 10.4. The van der Waals surface area contributed by atoms with Crippen LogP contribution in [0.4, 0.5) is 0 Å². The number of rotatable bonds is 5. The van der Waals surface area contributed by atoms with Gasteiger partial charge < -0.3 is 9.29 Å². The van der Waals surface area contributed by atoms with Gasteiger partial charge in [0.15, 0.2) is 0 Å². The Morgan fingerprint density at radius 2 is 1.80 bits per heavy atom. The molecule has 30 heavy (non-hydrogen) atoms. The van der Waals surface area contributed by atoms with Crippen LogP contribution in [-0.4, -0.2) is 18.9 Å². The summed E-state index contributed by atoms with van der Waals surface area (Å²) >= 11 is 0. The van der Waals surface area contributed by atoms with Crippen molar-refractivity contribution in [3.8, 4) is 5.75 Å². The van der Waals surface area contributed by atoms with Crippen LogP contribution in [0.15, 0.2) is 41.3 Å². The zero-order chi connectivity index (χ0) is 21.6. The Bertz CT molecular complexity index is 1070. The number of fused-ring (bicyclic) bond motifs is 2. The van der Waals surface area contributed by atoms with Gasteiger partial charge in [-0.2, -0.15) is 0 Å². The fourth-order valence-corrected chi connectivity index (χ4v) is 6.04. The SMILES string of the molecule is Cc1cc(S(=O)(=O)[O-])c(C(C)C)cc1OC(=O)c1ccc(C2CC3CCC2C3)cc1. The van der Waals surface area contributed by atoms with E-state index in [1.165, 1.54) is 43.4 Å². The third-order valence-electron chi connectivity index (χ3n) is 6.71. The average Bonchev–Trinajstić information content (AvgIpc) is 3.32. The molecule has 3 atom stereocenters. The van der Waals surface area contributed by atoms with Crippen LogP contribution in [0.2, 0.25) is 0 Å². The maximum Gasteiger partial charge on any atom is 0.343 e. The number of hydrogen-bond donors (Lipinski definition) is 0. The molecule has 0 radical (unpaired) electrons. The first kappa shape index (κ1) is 21.1. The highest BCUT2D eigenvalue weighted by molar-refractivity contribution is 7.85. The quantitative estimate of drug-likeness (QED) is 0.374. The first-order valence-corrected chi connectivity index (χ1v) is 12.0. The van der Waals surface area contributed by atoms with Gasteiger partial charge in [-0.25, -0.2) is 13.2 Å². The first-order valence-electron chi connectivity index (χ1n) is 10.6. The third-order valence-corrected chi connectivity index (χ3v) is 7.61. The van der Waals surface area contributed by atoms with Gasteiger partial charge in [0, 0.05) is 0 Å². The van der Waals surface area contributed by atoms with Crippen molar-refractivity contribution in [2.24, 2.45) is 11.8 Å². The van der Waals surface area contributed by atoms with Crippen LogP contribution in [0.25, 0.3) is 0 Å². The molecule has 2 saturated carbocycles. The molecule has 6 heteroatoms. The van der Waals surface area contributed by atoms with E-state index in [2.05, 4.69) is 0 Å². The number of ether oxygens (including phenoxy) is 1. The summed E-state index contributed by atoms with van der Waals surface area (Å²) in [4.78, 5) is 12.4. The number of esters is 1. The molecule has 4 rings (SSSR count). The summed E-state index contributed by atoms with van der Waals surface area (Å²) < 4.78 is 40.3. The zero-order valence-electron chi connectivity index (χ0n) is 17.6. The standard InChI is InChI=1S/C24H28O5S/c1-14(2)20-13-22(15(3)10-23(20)30(26,27)28)29-24(25)18-8-6-17(7-9-18)21-12-16-4-5-19(21)11-16/h6-10,13-14,16,19,21H,4-5,11-12H2,1-3H3,(H,26,27,28)/p-1. The lowest BCUT2D eigenvalue weighted by molar-refractivity contribution is 0.0733. The summed E-state index contributed by atoms with van der Waals surface area (Å²) in [5.74, 6) is 1.82. The second-order valence-corrected chi connectivity index (χ2v) is 10.4. The molecule has 0 amide bonds. The van der Waals surface area contributed by atoms with Crippen LogP contribution in [0, 0.1) is 18.8 Å². The van der Waals surface area contributed by atoms with E-state index in [0.717, 1.165) is 11.8 Å². The van der Waals surface area contributed by atoms with Gasteiger partial charge in [-0.3, -0.25) is 0 Å². The summed E-state index contributed by atoms with van der Waals surface area (Å²) in [5.41, 5.74) is 2.53. The Balaban J connectivity index is 1.54. The summed E-state index contributed by atoms with van der Waals surface area (Å²) in [5, 5.41) is 0. The molecule has 2 aliphatic carbocycles. The number of hydrogen-bond acceptors (Lipinski definition) is 5. The van der Waals surface area contributed by atoms with Crippen molar-refractivity contribution in [2.75, 3.05) is 0 Å². The maximum atomic E-state index is 12.7. The van der Waals surface area contributed by atoms with Crippen molar-refractivity contribution < 1.29 is 22.5 Å². The predicted molar refractivity (Wildman–Crippen MR) is 113 cm³/mol. The fourth-order valence-electron chi connectivity index (χ4n) is 5.13. The van der Waals surface area contributed by atoms with Crippen molar-refractivity contribution in [1.29, 1.82) is 0 Å². The highest BCUT2D eigenvalue weighted by Crippen LogP contribution is 2.52. The summed E-state index contributed by atoms with van der Waals surface area (Å²) in [7, 11) is -4.61. The minimum Gasteiger partial charge on any atom is -0.744 e.